The summed E-state index contributed by atoms with van der Waals surface area (Å²) in [5, 5.41) is 5.61. The lowest BCUT2D eigenvalue weighted by atomic mass is 9.96. The van der Waals surface area contributed by atoms with E-state index < -0.39 is 0 Å². The Bertz CT molecular complexity index is 1180. The molecule has 3 aromatic carbocycles. The van der Waals surface area contributed by atoms with Gasteiger partial charge in [-0.05, 0) is 64.7 Å². The van der Waals surface area contributed by atoms with Gasteiger partial charge in [0.1, 0.15) is 5.82 Å². The van der Waals surface area contributed by atoms with E-state index in [9.17, 15) is 4.39 Å². The first-order valence-corrected chi connectivity index (χ1v) is 9.47. The van der Waals surface area contributed by atoms with Gasteiger partial charge in [-0.15, -0.1) is 0 Å². The molecule has 3 nitrogen and oxygen atoms in total. The number of hydrogen-bond acceptors (Lipinski definition) is 3. The van der Waals surface area contributed by atoms with Crippen molar-refractivity contribution < 1.29 is 4.39 Å². The normalized spacial score (nSPS) is 11.9. The van der Waals surface area contributed by atoms with Crippen LogP contribution >= 0.6 is 0 Å². The highest BCUT2D eigenvalue weighted by Crippen LogP contribution is 2.30. The summed E-state index contributed by atoms with van der Waals surface area (Å²) in [7, 11) is 0. The molecule has 1 unspecified atom stereocenters. The van der Waals surface area contributed by atoms with E-state index >= 15 is 0 Å². The third-order valence-electron chi connectivity index (χ3n) is 5.02. The van der Waals surface area contributed by atoms with Crippen LogP contribution in [0.15, 0.2) is 85.6 Å². The number of anilines is 1. The van der Waals surface area contributed by atoms with Crippen molar-refractivity contribution >= 4 is 22.2 Å². The monoisotopic (exact) mass is 383 g/mol. The molecule has 1 aromatic heterocycles. The van der Waals surface area contributed by atoms with Crippen LogP contribution in [-0.4, -0.2) is 4.98 Å². The van der Waals surface area contributed by atoms with Gasteiger partial charge in [0.2, 0.25) is 0 Å². The topological polar surface area (TPSA) is 50.9 Å². The average Bonchev–Trinajstić information content (AvgIpc) is 2.73. The summed E-state index contributed by atoms with van der Waals surface area (Å²) >= 11 is 0. The Hall–Kier alpha value is -3.66. The fraction of sp³-hybridized carbons (Fsp3) is 0.0800. The fourth-order valence-electron chi connectivity index (χ4n) is 3.47. The van der Waals surface area contributed by atoms with Gasteiger partial charge in [-0.25, -0.2) is 4.39 Å². The van der Waals surface area contributed by atoms with Gasteiger partial charge < -0.3 is 11.1 Å². The minimum absolute atomic E-state index is 0.0211. The molecule has 144 valence electrons. The molecule has 0 spiro atoms. The number of nitrogens with one attached hydrogen (secondary N) is 1. The standard InChI is InChI=1S/C25H22FN3/c1-16(29-17(2)25-15-22(27)12-13-28-25)19-8-11-24-20(14-19)4-3-5-23(24)18-6-9-21(26)10-7-18/h3-15,17,29H,1H2,2H3,(H2,27,28). The largest absolute Gasteiger partial charge is 0.399 e. The van der Waals surface area contributed by atoms with E-state index in [4.69, 9.17) is 5.73 Å². The summed E-state index contributed by atoms with van der Waals surface area (Å²) in [4.78, 5) is 4.38. The minimum atomic E-state index is -0.234. The summed E-state index contributed by atoms with van der Waals surface area (Å²) in [5.41, 5.74) is 11.3. The highest BCUT2D eigenvalue weighted by Gasteiger charge is 2.10. The number of pyridine rings is 1. The van der Waals surface area contributed by atoms with Gasteiger partial charge in [-0.3, -0.25) is 4.98 Å². The molecule has 1 atom stereocenters. The minimum Gasteiger partial charge on any atom is -0.399 e. The predicted octanol–water partition coefficient (Wildman–Crippen LogP) is 5.94. The third-order valence-corrected chi connectivity index (χ3v) is 5.02. The highest BCUT2D eigenvalue weighted by molar-refractivity contribution is 5.98. The number of nitrogens with two attached hydrogens (primary N) is 1. The summed E-state index contributed by atoms with van der Waals surface area (Å²) < 4.78 is 13.3. The van der Waals surface area contributed by atoms with E-state index in [1.54, 1.807) is 24.4 Å². The van der Waals surface area contributed by atoms with E-state index in [2.05, 4.69) is 41.1 Å². The summed E-state index contributed by atoms with van der Waals surface area (Å²) in [6.45, 7) is 6.23. The number of benzene rings is 3. The number of nitrogens with zero attached hydrogens (tertiary/aromatic N) is 1. The predicted molar refractivity (Wildman–Crippen MR) is 119 cm³/mol. The second-order valence-corrected chi connectivity index (χ2v) is 7.11. The number of aromatic nitrogens is 1. The van der Waals surface area contributed by atoms with E-state index in [1.165, 1.54) is 12.1 Å². The van der Waals surface area contributed by atoms with Crippen LogP contribution in [0.1, 0.15) is 24.2 Å². The van der Waals surface area contributed by atoms with E-state index in [0.29, 0.717) is 5.69 Å². The zero-order chi connectivity index (χ0) is 20.4. The molecule has 0 radical (unpaired) electrons. The number of nitrogen functional groups attached to an aromatic ring is 1. The lowest BCUT2D eigenvalue weighted by Gasteiger charge is -2.18. The second kappa shape index (κ2) is 7.76. The van der Waals surface area contributed by atoms with E-state index in [0.717, 1.165) is 38.9 Å². The molecule has 4 rings (SSSR count). The van der Waals surface area contributed by atoms with Crippen LogP contribution in [0.2, 0.25) is 0 Å². The summed E-state index contributed by atoms with van der Waals surface area (Å²) in [6.07, 6.45) is 1.71. The van der Waals surface area contributed by atoms with Crippen molar-refractivity contribution in [1.82, 2.24) is 10.3 Å². The molecule has 29 heavy (non-hydrogen) atoms. The van der Waals surface area contributed by atoms with Crippen molar-refractivity contribution in [2.45, 2.75) is 13.0 Å². The molecule has 4 heteroatoms. The van der Waals surface area contributed by atoms with Crippen molar-refractivity contribution in [2.24, 2.45) is 0 Å². The van der Waals surface area contributed by atoms with Gasteiger partial charge in [-0.2, -0.15) is 0 Å². The maximum Gasteiger partial charge on any atom is 0.123 e. The summed E-state index contributed by atoms with van der Waals surface area (Å²) in [6, 6.07) is 22.6. The first-order chi connectivity index (χ1) is 14.0. The molecule has 0 saturated carbocycles. The molecule has 0 fully saturated rings. The van der Waals surface area contributed by atoms with Crippen LogP contribution in [0.3, 0.4) is 0 Å². The van der Waals surface area contributed by atoms with Gasteiger partial charge in [0, 0.05) is 17.6 Å². The molecule has 0 amide bonds. The quantitative estimate of drug-likeness (QED) is 0.448. The van der Waals surface area contributed by atoms with E-state index in [-0.39, 0.29) is 11.9 Å². The van der Waals surface area contributed by atoms with Crippen LogP contribution in [-0.2, 0) is 0 Å². The Balaban J connectivity index is 1.62. The molecular weight excluding hydrogens is 361 g/mol. The van der Waals surface area contributed by atoms with Crippen molar-refractivity contribution in [3.8, 4) is 11.1 Å². The zero-order valence-corrected chi connectivity index (χ0v) is 16.2. The van der Waals surface area contributed by atoms with Crippen molar-refractivity contribution in [2.75, 3.05) is 5.73 Å². The first-order valence-electron chi connectivity index (χ1n) is 9.47. The molecule has 4 aromatic rings. The number of rotatable bonds is 5. The van der Waals surface area contributed by atoms with Gasteiger partial charge in [0.05, 0.1) is 11.7 Å². The molecule has 3 N–H and O–H groups in total. The van der Waals surface area contributed by atoms with Gasteiger partial charge in [0.15, 0.2) is 0 Å². The molecule has 0 bridgehead atoms. The van der Waals surface area contributed by atoms with Crippen molar-refractivity contribution in [3.05, 3.63) is 103 Å². The van der Waals surface area contributed by atoms with Crippen LogP contribution in [0, 0.1) is 5.82 Å². The Morgan fingerprint density at radius 3 is 2.59 bits per heavy atom. The number of halogens is 1. The van der Waals surface area contributed by atoms with Crippen LogP contribution in [0.4, 0.5) is 10.1 Å². The van der Waals surface area contributed by atoms with Crippen LogP contribution in [0.5, 0.6) is 0 Å². The molecule has 0 aliphatic carbocycles. The van der Waals surface area contributed by atoms with Crippen LogP contribution < -0.4 is 11.1 Å². The van der Waals surface area contributed by atoms with Gasteiger partial charge in [-0.1, -0.05) is 49.0 Å². The van der Waals surface area contributed by atoms with Crippen LogP contribution in [0.25, 0.3) is 27.6 Å². The average molecular weight is 383 g/mol. The number of fused-ring (bicyclic) bond motifs is 1. The Kier molecular flexibility index (Phi) is 5.00. The Morgan fingerprint density at radius 2 is 1.83 bits per heavy atom. The molecule has 0 saturated heterocycles. The summed E-state index contributed by atoms with van der Waals surface area (Å²) in [5.74, 6) is -0.234. The molecule has 0 aliphatic rings. The van der Waals surface area contributed by atoms with Gasteiger partial charge >= 0.3 is 0 Å². The maximum absolute atomic E-state index is 13.3. The molecule has 0 aliphatic heterocycles. The van der Waals surface area contributed by atoms with E-state index in [1.807, 2.05) is 25.1 Å². The van der Waals surface area contributed by atoms with Gasteiger partial charge in [0.25, 0.3) is 0 Å². The smallest absolute Gasteiger partial charge is 0.123 e. The number of hydrogen-bond donors (Lipinski definition) is 2. The highest BCUT2D eigenvalue weighted by atomic mass is 19.1. The lowest BCUT2D eigenvalue weighted by Crippen LogP contribution is -2.17. The second-order valence-electron chi connectivity index (χ2n) is 7.11. The fourth-order valence-corrected chi connectivity index (χ4v) is 3.47. The molecular formula is C25H22FN3. The molecule has 1 heterocycles. The first kappa shape index (κ1) is 18.7. The third kappa shape index (κ3) is 3.97. The Morgan fingerprint density at radius 1 is 1.03 bits per heavy atom. The SMILES string of the molecule is C=C(NC(C)c1cc(N)ccn1)c1ccc2c(-c3ccc(F)cc3)cccc2c1. The van der Waals surface area contributed by atoms with Crippen molar-refractivity contribution in [3.63, 3.8) is 0 Å². The van der Waals surface area contributed by atoms with Crippen molar-refractivity contribution in [1.29, 1.82) is 0 Å². The maximum atomic E-state index is 13.3. The zero-order valence-electron chi connectivity index (χ0n) is 16.2. The Labute approximate surface area is 169 Å². The lowest BCUT2D eigenvalue weighted by molar-refractivity contribution is 0.628.